The monoisotopic (exact) mass is 228 g/mol. The summed E-state index contributed by atoms with van der Waals surface area (Å²) in [6.45, 7) is 9.12. The van der Waals surface area contributed by atoms with Crippen molar-refractivity contribution in [3.8, 4) is 0 Å². The van der Waals surface area contributed by atoms with Crippen molar-refractivity contribution in [3.63, 3.8) is 0 Å². The molecule has 0 aromatic heterocycles. The predicted octanol–water partition coefficient (Wildman–Crippen LogP) is 3.38. The van der Waals surface area contributed by atoms with Gasteiger partial charge in [-0.3, -0.25) is 0 Å². The van der Waals surface area contributed by atoms with Crippen molar-refractivity contribution < 1.29 is 9.84 Å². The fourth-order valence-corrected chi connectivity index (χ4v) is 2.83. The third-order valence-corrected chi connectivity index (χ3v) is 3.60. The topological polar surface area (TPSA) is 29.5 Å². The number of aliphatic hydroxyl groups excluding tert-OH is 1. The van der Waals surface area contributed by atoms with Gasteiger partial charge >= 0.3 is 0 Å². The van der Waals surface area contributed by atoms with Crippen LogP contribution in [0.1, 0.15) is 59.8 Å². The summed E-state index contributed by atoms with van der Waals surface area (Å²) in [5.41, 5.74) is 0.0219. The Morgan fingerprint density at radius 3 is 2.25 bits per heavy atom. The van der Waals surface area contributed by atoms with Crippen LogP contribution < -0.4 is 0 Å². The van der Waals surface area contributed by atoms with Crippen LogP contribution in [-0.4, -0.2) is 23.9 Å². The highest BCUT2D eigenvalue weighted by molar-refractivity contribution is 4.84. The van der Waals surface area contributed by atoms with Gasteiger partial charge < -0.3 is 9.84 Å². The molecular weight excluding hydrogens is 200 g/mol. The highest BCUT2D eigenvalue weighted by Gasteiger charge is 2.33. The van der Waals surface area contributed by atoms with Crippen LogP contribution in [0.2, 0.25) is 0 Å². The molecule has 96 valence electrons. The fraction of sp³-hybridized carbons (Fsp3) is 1.00. The highest BCUT2D eigenvalue weighted by atomic mass is 16.5. The van der Waals surface area contributed by atoms with Crippen LogP contribution >= 0.6 is 0 Å². The Morgan fingerprint density at radius 2 is 1.81 bits per heavy atom. The fourth-order valence-electron chi connectivity index (χ4n) is 2.83. The summed E-state index contributed by atoms with van der Waals surface area (Å²) in [6, 6.07) is 0. The van der Waals surface area contributed by atoms with E-state index in [-0.39, 0.29) is 17.6 Å². The lowest BCUT2D eigenvalue weighted by molar-refractivity contribution is -0.0944. The Bertz CT molecular complexity index is 189. The number of ether oxygens (including phenoxy) is 1. The molecule has 2 atom stereocenters. The van der Waals surface area contributed by atoms with Crippen LogP contribution in [0.3, 0.4) is 0 Å². The molecule has 0 spiro atoms. The van der Waals surface area contributed by atoms with E-state index >= 15 is 0 Å². The van der Waals surface area contributed by atoms with Gasteiger partial charge in [0, 0.05) is 6.61 Å². The van der Waals surface area contributed by atoms with Crippen LogP contribution in [0.4, 0.5) is 0 Å². The predicted molar refractivity (Wildman–Crippen MR) is 67.5 cm³/mol. The molecule has 0 heterocycles. The number of hydrogen-bond donors (Lipinski definition) is 1. The normalized spacial score (nSPS) is 22.3. The molecule has 1 aliphatic rings. The van der Waals surface area contributed by atoms with E-state index < -0.39 is 0 Å². The molecule has 1 rings (SSSR count). The summed E-state index contributed by atoms with van der Waals surface area (Å²) in [4.78, 5) is 0. The molecule has 2 nitrogen and oxygen atoms in total. The van der Waals surface area contributed by atoms with Gasteiger partial charge in [-0.25, -0.2) is 0 Å². The summed E-state index contributed by atoms with van der Waals surface area (Å²) >= 11 is 0. The van der Waals surface area contributed by atoms with Crippen molar-refractivity contribution in [1.82, 2.24) is 0 Å². The van der Waals surface area contributed by atoms with Crippen LogP contribution in [0.25, 0.3) is 0 Å². The van der Waals surface area contributed by atoms with Gasteiger partial charge in [0.25, 0.3) is 0 Å². The first kappa shape index (κ1) is 14.0. The van der Waals surface area contributed by atoms with Crippen molar-refractivity contribution >= 4 is 0 Å². The Kier molecular flexibility index (Phi) is 5.26. The molecule has 0 aromatic carbocycles. The minimum absolute atomic E-state index is 0.0219. The highest BCUT2D eigenvalue weighted by Crippen LogP contribution is 2.33. The summed E-state index contributed by atoms with van der Waals surface area (Å²) in [6.07, 6.45) is 5.85. The van der Waals surface area contributed by atoms with Crippen LogP contribution in [0, 0.1) is 11.3 Å². The molecule has 0 amide bonds. The molecule has 0 bridgehead atoms. The van der Waals surface area contributed by atoms with E-state index in [0.717, 1.165) is 12.3 Å². The number of hydrogen-bond acceptors (Lipinski definition) is 2. The summed E-state index contributed by atoms with van der Waals surface area (Å²) in [5, 5.41) is 10.3. The van der Waals surface area contributed by atoms with E-state index in [1.807, 2.05) is 6.92 Å². The number of aliphatic hydroxyl groups is 1. The van der Waals surface area contributed by atoms with Crippen molar-refractivity contribution in [2.24, 2.45) is 11.3 Å². The van der Waals surface area contributed by atoms with Gasteiger partial charge in [0.15, 0.2) is 0 Å². The zero-order valence-corrected chi connectivity index (χ0v) is 11.3. The molecule has 1 saturated carbocycles. The molecule has 0 saturated heterocycles. The zero-order valence-electron chi connectivity index (χ0n) is 11.3. The SMILES string of the molecule is CCOC(C(O)CC1CCCC1)C(C)(C)C. The minimum Gasteiger partial charge on any atom is -0.390 e. The lowest BCUT2D eigenvalue weighted by Crippen LogP contribution is -2.41. The van der Waals surface area contributed by atoms with Crippen molar-refractivity contribution in [2.45, 2.75) is 72.0 Å². The second-order valence-electron chi connectivity index (χ2n) is 6.20. The molecule has 0 aliphatic heterocycles. The molecule has 2 unspecified atom stereocenters. The number of rotatable bonds is 5. The average molecular weight is 228 g/mol. The molecule has 0 aromatic rings. The largest absolute Gasteiger partial charge is 0.390 e. The third kappa shape index (κ3) is 4.06. The Balaban J connectivity index is 2.49. The van der Waals surface area contributed by atoms with Crippen molar-refractivity contribution in [3.05, 3.63) is 0 Å². The van der Waals surface area contributed by atoms with Crippen molar-refractivity contribution in [2.75, 3.05) is 6.61 Å². The molecular formula is C14H28O2. The lowest BCUT2D eigenvalue weighted by atomic mass is 9.82. The molecule has 16 heavy (non-hydrogen) atoms. The second-order valence-corrected chi connectivity index (χ2v) is 6.20. The van der Waals surface area contributed by atoms with Gasteiger partial charge in [-0.1, -0.05) is 46.5 Å². The van der Waals surface area contributed by atoms with E-state index in [4.69, 9.17) is 4.74 Å². The average Bonchev–Trinajstić information content (AvgIpc) is 2.64. The molecule has 0 radical (unpaired) electrons. The lowest BCUT2D eigenvalue weighted by Gasteiger charge is -2.35. The van der Waals surface area contributed by atoms with Gasteiger partial charge in [-0.05, 0) is 24.7 Å². The smallest absolute Gasteiger partial charge is 0.0881 e. The van der Waals surface area contributed by atoms with Gasteiger partial charge in [-0.15, -0.1) is 0 Å². The van der Waals surface area contributed by atoms with E-state index in [1.165, 1.54) is 25.7 Å². The zero-order chi connectivity index (χ0) is 12.2. The Labute approximate surface area is 100 Å². The summed E-state index contributed by atoms with van der Waals surface area (Å²) in [5.74, 6) is 0.723. The van der Waals surface area contributed by atoms with E-state index in [1.54, 1.807) is 0 Å². The second kappa shape index (κ2) is 6.02. The molecule has 1 N–H and O–H groups in total. The van der Waals surface area contributed by atoms with Gasteiger partial charge in [0.1, 0.15) is 0 Å². The molecule has 2 heteroatoms. The van der Waals surface area contributed by atoms with Gasteiger partial charge in [0.05, 0.1) is 12.2 Å². The first-order valence-corrected chi connectivity index (χ1v) is 6.74. The van der Waals surface area contributed by atoms with E-state index in [2.05, 4.69) is 20.8 Å². The van der Waals surface area contributed by atoms with E-state index in [0.29, 0.717) is 6.61 Å². The maximum atomic E-state index is 10.3. The standard InChI is InChI=1S/C14H28O2/c1-5-16-13(14(2,3)4)12(15)10-11-8-6-7-9-11/h11-13,15H,5-10H2,1-4H3. The minimum atomic E-state index is -0.303. The Hall–Kier alpha value is -0.0800. The third-order valence-electron chi connectivity index (χ3n) is 3.60. The first-order valence-electron chi connectivity index (χ1n) is 6.74. The summed E-state index contributed by atoms with van der Waals surface area (Å²) < 4.78 is 5.73. The van der Waals surface area contributed by atoms with Crippen LogP contribution in [-0.2, 0) is 4.74 Å². The molecule has 1 fully saturated rings. The maximum Gasteiger partial charge on any atom is 0.0881 e. The molecule has 1 aliphatic carbocycles. The first-order chi connectivity index (χ1) is 7.45. The summed E-state index contributed by atoms with van der Waals surface area (Å²) in [7, 11) is 0. The van der Waals surface area contributed by atoms with E-state index in [9.17, 15) is 5.11 Å². The quantitative estimate of drug-likeness (QED) is 0.781. The van der Waals surface area contributed by atoms with Crippen LogP contribution in [0.5, 0.6) is 0 Å². The van der Waals surface area contributed by atoms with Crippen molar-refractivity contribution in [1.29, 1.82) is 0 Å². The van der Waals surface area contributed by atoms with Gasteiger partial charge in [-0.2, -0.15) is 0 Å². The Morgan fingerprint density at radius 1 is 1.25 bits per heavy atom. The van der Waals surface area contributed by atoms with Crippen LogP contribution in [0.15, 0.2) is 0 Å². The maximum absolute atomic E-state index is 10.3. The van der Waals surface area contributed by atoms with Gasteiger partial charge in [0.2, 0.25) is 0 Å².